The SMILES string of the molecule is CC(NC(=O)CN1CCOCC1CO)c1ccccc1Cl. The Morgan fingerprint density at radius 1 is 1.57 bits per heavy atom. The average molecular weight is 313 g/mol. The number of nitrogens with one attached hydrogen (secondary N) is 1. The van der Waals surface area contributed by atoms with Crippen molar-refractivity contribution in [3.8, 4) is 0 Å². The molecule has 2 N–H and O–H groups in total. The first-order valence-electron chi connectivity index (χ1n) is 7.08. The number of hydrogen-bond acceptors (Lipinski definition) is 4. The Labute approximate surface area is 129 Å². The van der Waals surface area contributed by atoms with Crippen molar-refractivity contribution < 1.29 is 14.6 Å². The summed E-state index contributed by atoms with van der Waals surface area (Å²) in [6, 6.07) is 7.20. The van der Waals surface area contributed by atoms with Gasteiger partial charge in [-0.2, -0.15) is 0 Å². The molecule has 2 atom stereocenters. The van der Waals surface area contributed by atoms with Crippen LogP contribution in [0, 0.1) is 0 Å². The molecule has 21 heavy (non-hydrogen) atoms. The Balaban J connectivity index is 1.90. The number of rotatable bonds is 5. The molecule has 5 nitrogen and oxygen atoms in total. The highest BCUT2D eigenvalue weighted by atomic mass is 35.5. The predicted molar refractivity (Wildman–Crippen MR) is 81.3 cm³/mol. The summed E-state index contributed by atoms with van der Waals surface area (Å²) in [6.07, 6.45) is 0. The van der Waals surface area contributed by atoms with Gasteiger partial charge in [0.1, 0.15) is 0 Å². The van der Waals surface area contributed by atoms with E-state index in [9.17, 15) is 9.90 Å². The first kappa shape index (κ1) is 16.2. The van der Waals surface area contributed by atoms with E-state index in [1.54, 1.807) is 0 Å². The molecule has 1 aliphatic heterocycles. The molecule has 0 saturated carbocycles. The van der Waals surface area contributed by atoms with Crippen molar-refractivity contribution in [2.24, 2.45) is 0 Å². The summed E-state index contributed by atoms with van der Waals surface area (Å²) in [5.41, 5.74) is 0.896. The van der Waals surface area contributed by atoms with E-state index in [4.69, 9.17) is 16.3 Å². The van der Waals surface area contributed by atoms with E-state index in [1.807, 2.05) is 36.1 Å². The van der Waals surface area contributed by atoms with E-state index in [1.165, 1.54) is 0 Å². The van der Waals surface area contributed by atoms with Crippen molar-refractivity contribution in [1.82, 2.24) is 10.2 Å². The van der Waals surface area contributed by atoms with Gasteiger partial charge in [0.2, 0.25) is 5.91 Å². The smallest absolute Gasteiger partial charge is 0.234 e. The monoisotopic (exact) mass is 312 g/mol. The maximum absolute atomic E-state index is 12.1. The summed E-state index contributed by atoms with van der Waals surface area (Å²) in [6.45, 7) is 3.85. The maximum atomic E-state index is 12.1. The van der Waals surface area contributed by atoms with Gasteiger partial charge in [0.15, 0.2) is 0 Å². The Morgan fingerprint density at radius 2 is 2.33 bits per heavy atom. The zero-order chi connectivity index (χ0) is 15.2. The fourth-order valence-corrected chi connectivity index (χ4v) is 2.74. The lowest BCUT2D eigenvalue weighted by molar-refractivity contribution is -0.125. The zero-order valence-electron chi connectivity index (χ0n) is 12.1. The Hall–Kier alpha value is -1.14. The molecule has 1 fully saturated rings. The molecule has 1 aromatic rings. The molecule has 2 rings (SSSR count). The van der Waals surface area contributed by atoms with Crippen LogP contribution in [0.2, 0.25) is 5.02 Å². The highest BCUT2D eigenvalue weighted by molar-refractivity contribution is 6.31. The number of nitrogens with zero attached hydrogens (tertiary/aromatic N) is 1. The number of aliphatic hydroxyl groups excluding tert-OH is 1. The maximum Gasteiger partial charge on any atom is 0.234 e. The number of ether oxygens (including phenoxy) is 1. The third-order valence-corrected chi connectivity index (χ3v) is 4.00. The third-order valence-electron chi connectivity index (χ3n) is 3.66. The lowest BCUT2D eigenvalue weighted by Gasteiger charge is -2.34. The summed E-state index contributed by atoms with van der Waals surface area (Å²) in [5.74, 6) is -0.0808. The largest absolute Gasteiger partial charge is 0.395 e. The van der Waals surface area contributed by atoms with Crippen LogP contribution in [0.1, 0.15) is 18.5 Å². The van der Waals surface area contributed by atoms with Crippen molar-refractivity contribution in [1.29, 1.82) is 0 Å². The molecule has 2 unspecified atom stereocenters. The zero-order valence-corrected chi connectivity index (χ0v) is 12.8. The Morgan fingerprint density at radius 3 is 3.05 bits per heavy atom. The van der Waals surface area contributed by atoms with Gasteiger partial charge in [-0.25, -0.2) is 0 Å². The summed E-state index contributed by atoms with van der Waals surface area (Å²) in [7, 11) is 0. The molecule has 0 spiro atoms. The summed E-state index contributed by atoms with van der Waals surface area (Å²) in [4.78, 5) is 14.1. The molecule has 6 heteroatoms. The van der Waals surface area contributed by atoms with Crippen LogP contribution in [0.4, 0.5) is 0 Å². The molecule has 1 saturated heterocycles. The molecule has 1 heterocycles. The molecule has 0 aliphatic carbocycles. The van der Waals surface area contributed by atoms with Crippen LogP contribution in [0.5, 0.6) is 0 Å². The molecule has 0 aromatic heterocycles. The second kappa shape index (κ2) is 7.75. The lowest BCUT2D eigenvalue weighted by atomic mass is 10.1. The van der Waals surface area contributed by atoms with E-state index < -0.39 is 0 Å². The van der Waals surface area contributed by atoms with Crippen molar-refractivity contribution in [3.05, 3.63) is 34.9 Å². The number of carbonyl (C=O) groups is 1. The highest BCUT2D eigenvalue weighted by Crippen LogP contribution is 2.22. The van der Waals surface area contributed by atoms with Gasteiger partial charge in [-0.3, -0.25) is 9.69 Å². The van der Waals surface area contributed by atoms with Gasteiger partial charge in [-0.05, 0) is 18.6 Å². The van der Waals surface area contributed by atoms with E-state index >= 15 is 0 Å². The molecule has 1 aromatic carbocycles. The van der Waals surface area contributed by atoms with Crippen LogP contribution in [-0.4, -0.2) is 54.9 Å². The number of halogens is 1. The Kier molecular flexibility index (Phi) is 5.99. The number of amides is 1. The van der Waals surface area contributed by atoms with Crippen LogP contribution in [0.25, 0.3) is 0 Å². The van der Waals surface area contributed by atoms with Gasteiger partial charge in [0.25, 0.3) is 0 Å². The van der Waals surface area contributed by atoms with Crippen molar-refractivity contribution in [3.63, 3.8) is 0 Å². The summed E-state index contributed by atoms with van der Waals surface area (Å²) < 4.78 is 5.30. The standard InChI is InChI=1S/C15H21ClN2O3/c1-11(13-4-2-3-5-14(13)16)17-15(20)8-18-6-7-21-10-12(18)9-19/h2-5,11-12,19H,6-10H2,1H3,(H,17,20). The number of morpholine rings is 1. The predicted octanol–water partition coefficient (Wildman–Crippen LogP) is 1.21. The second-order valence-electron chi connectivity index (χ2n) is 5.19. The van der Waals surface area contributed by atoms with Crippen LogP contribution < -0.4 is 5.32 Å². The van der Waals surface area contributed by atoms with E-state index in [0.717, 1.165) is 5.56 Å². The number of benzene rings is 1. The van der Waals surface area contributed by atoms with Crippen LogP contribution in [0.3, 0.4) is 0 Å². The first-order valence-corrected chi connectivity index (χ1v) is 7.46. The molecular weight excluding hydrogens is 292 g/mol. The van der Waals surface area contributed by atoms with Crippen LogP contribution >= 0.6 is 11.6 Å². The van der Waals surface area contributed by atoms with Crippen LogP contribution in [0.15, 0.2) is 24.3 Å². The van der Waals surface area contributed by atoms with E-state index in [0.29, 0.717) is 24.8 Å². The average Bonchev–Trinajstić information content (AvgIpc) is 2.48. The minimum Gasteiger partial charge on any atom is -0.395 e. The number of carbonyl (C=O) groups excluding carboxylic acids is 1. The normalized spacial score (nSPS) is 21.0. The van der Waals surface area contributed by atoms with Crippen LogP contribution in [-0.2, 0) is 9.53 Å². The van der Waals surface area contributed by atoms with Gasteiger partial charge >= 0.3 is 0 Å². The minimum atomic E-state index is -0.153. The van der Waals surface area contributed by atoms with Gasteiger partial charge < -0.3 is 15.2 Å². The van der Waals surface area contributed by atoms with E-state index in [-0.39, 0.29) is 31.1 Å². The molecule has 1 amide bonds. The van der Waals surface area contributed by atoms with E-state index in [2.05, 4.69) is 5.32 Å². The minimum absolute atomic E-state index is 0.00660. The number of hydrogen-bond donors (Lipinski definition) is 2. The van der Waals surface area contributed by atoms with Crippen molar-refractivity contribution in [2.75, 3.05) is 32.9 Å². The fourth-order valence-electron chi connectivity index (χ4n) is 2.44. The number of aliphatic hydroxyl groups is 1. The quantitative estimate of drug-likeness (QED) is 0.858. The van der Waals surface area contributed by atoms with Crippen molar-refractivity contribution in [2.45, 2.75) is 19.0 Å². The summed E-state index contributed by atoms with van der Waals surface area (Å²) in [5, 5.41) is 12.9. The topological polar surface area (TPSA) is 61.8 Å². The van der Waals surface area contributed by atoms with Gasteiger partial charge in [-0.1, -0.05) is 29.8 Å². The molecule has 0 bridgehead atoms. The van der Waals surface area contributed by atoms with Gasteiger partial charge in [0, 0.05) is 11.6 Å². The Bertz CT molecular complexity index is 484. The summed E-state index contributed by atoms with van der Waals surface area (Å²) >= 11 is 6.13. The fraction of sp³-hybridized carbons (Fsp3) is 0.533. The van der Waals surface area contributed by atoms with Crippen molar-refractivity contribution >= 4 is 17.5 Å². The molecule has 0 radical (unpaired) electrons. The second-order valence-corrected chi connectivity index (χ2v) is 5.60. The third kappa shape index (κ3) is 4.41. The first-order chi connectivity index (χ1) is 10.1. The molecular formula is C15H21ClN2O3. The highest BCUT2D eigenvalue weighted by Gasteiger charge is 2.24. The lowest BCUT2D eigenvalue weighted by Crippen LogP contribution is -2.51. The molecule has 116 valence electrons. The molecule has 1 aliphatic rings. The van der Waals surface area contributed by atoms with Gasteiger partial charge in [0.05, 0.1) is 38.4 Å². The van der Waals surface area contributed by atoms with Gasteiger partial charge in [-0.15, -0.1) is 0 Å².